The minimum absolute atomic E-state index is 0.00218. The van der Waals surface area contributed by atoms with Crippen molar-refractivity contribution >= 4 is 34.6 Å². The Morgan fingerprint density at radius 2 is 0.972 bits per heavy atom. The molecule has 0 saturated carbocycles. The lowest BCUT2D eigenvalue weighted by Crippen LogP contribution is -2.32. The number of nitrogens with zero attached hydrogens (tertiary/aromatic N) is 2. The molecular formula is C30H42N4O2. The number of anilines is 4. The fraction of sp³-hybridized carbons (Fsp3) is 0.533. The lowest BCUT2D eigenvalue weighted by molar-refractivity contribution is -0.118. The topological polar surface area (TPSA) is 64.7 Å². The molecule has 2 heterocycles. The molecule has 194 valence electrons. The highest BCUT2D eigenvalue weighted by molar-refractivity contribution is 5.92. The summed E-state index contributed by atoms with van der Waals surface area (Å²) in [5.41, 5.74) is 4.10. The van der Waals surface area contributed by atoms with Crippen molar-refractivity contribution in [1.29, 1.82) is 0 Å². The van der Waals surface area contributed by atoms with E-state index in [4.69, 9.17) is 0 Å². The number of piperidine rings is 2. The van der Waals surface area contributed by atoms with Crippen molar-refractivity contribution in [3.8, 4) is 0 Å². The van der Waals surface area contributed by atoms with Crippen molar-refractivity contribution in [3.05, 3.63) is 48.5 Å². The Kier molecular flexibility index (Phi) is 9.26. The molecule has 0 aromatic heterocycles. The molecule has 2 saturated heterocycles. The summed E-state index contributed by atoms with van der Waals surface area (Å²) in [6.07, 6.45) is 7.17. The monoisotopic (exact) mass is 490 g/mol. The number of unbranched alkanes of at least 4 members (excludes halogenated alkanes) is 1. The van der Waals surface area contributed by atoms with E-state index in [-0.39, 0.29) is 11.8 Å². The highest BCUT2D eigenvalue weighted by Gasteiger charge is 2.17. The number of benzene rings is 2. The molecule has 0 bridgehead atoms. The molecule has 36 heavy (non-hydrogen) atoms. The van der Waals surface area contributed by atoms with Crippen molar-refractivity contribution in [2.45, 2.75) is 65.2 Å². The lowest BCUT2D eigenvalue weighted by Gasteiger charge is -2.32. The Labute approximate surface area is 216 Å². The summed E-state index contributed by atoms with van der Waals surface area (Å²) in [5.74, 6) is 1.62. The number of rotatable bonds is 9. The Hall–Kier alpha value is -3.02. The summed E-state index contributed by atoms with van der Waals surface area (Å²) in [7, 11) is 0. The predicted molar refractivity (Wildman–Crippen MR) is 150 cm³/mol. The third-order valence-corrected chi connectivity index (χ3v) is 7.66. The fourth-order valence-corrected chi connectivity index (χ4v) is 5.06. The van der Waals surface area contributed by atoms with Gasteiger partial charge in [-0.15, -0.1) is 0 Å². The zero-order valence-electron chi connectivity index (χ0n) is 22.0. The first kappa shape index (κ1) is 26.1. The van der Waals surface area contributed by atoms with Crippen LogP contribution in [0.5, 0.6) is 0 Å². The molecule has 0 atom stereocenters. The van der Waals surface area contributed by atoms with Gasteiger partial charge in [0, 0.05) is 61.8 Å². The highest BCUT2D eigenvalue weighted by Crippen LogP contribution is 2.25. The van der Waals surface area contributed by atoms with Gasteiger partial charge in [0.2, 0.25) is 11.8 Å². The molecular weight excluding hydrogens is 448 g/mol. The molecule has 2 fully saturated rings. The van der Waals surface area contributed by atoms with Crippen molar-refractivity contribution in [2.24, 2.45) is 11.8 Å². The molecule has 2 amide bonds. The SMILES string of the molecule is CC1CCN(c2ccc(NC(=O)CCCCC(=O)Nc3ccc(N4CCC(C)CC4)cc3)cc2)CC1. The Bertz CT molecular complexity index is 892. The van der Waals surface area contributed by atoms with Crippen LogP contribution in [-0.4, -0.2) is 38.0 Å². The standard InChI is InChI=1S/C30H42N4O2/c1-23-15-19-33(20-16-23)27-11-7-25(8-12-27)31-29(35)5-3-4-6-30(36)32-26-9-13-28(14-10-26)34-21-17-24(2)18-22-34/h7-14,23-24H,3-6,15-22H2,1-2H3,(H,31,35)(H,32,36). The molecule has 0 spiro atoms. The van der Waals surface area contributed by atoms with Gasteiger partial charge in [-0.3, -0.25) is 9.59 Å². The normalized spacial score (nSPS) is 17.2. The second kappa shape index (κ2) is 12.8. The van der Waals surface area contributed by atoms with E-state index in [1.54, 1.807) is 0 Å². The van der Waals surface area contributed by atoms with Crippen LogP contribution in [0.15, 0.2) is 48.5 Å². The van der Waals surface area contributed by atoms with Crippen LogP contribution < -0.4 is 20.4 Å². The summed E-state index contributed by atoms with van der Waals surface area (Å²) in [6, 6.07) is 16.3. The Balaban J connectivity index is 1.11. The van der Waals surface area contributed by atoms with Crippen LogP contribution in [0, 0.1) is 11.8 Å². The van der Waals surface area contributed by atoms with E-state index < -0.39 is 0 Å². The first-order chi connectivity index (χ1) is 17.5. The van der Waals surface area contributed by atoms with E-state index in [1.165, 1.54) is 37.1 Å². The van der Waals surface area contributed by atoms with Crippen molar-refractivity contribution in [3.63, 3.8) is 0 Å². The van der Waals surface area contributed by atoms with Gasteiger partial charge in [0.15, 0.2) is 0 Å². The third-order valence-electron chi connectivity index (χ3n) is 7.66. The maximum absolute atomic E-state index is 12.3. The fourth-order valence-electron chi connectivity index (χ4n) is 5.06. The van der Waals surface area contributed by atoms with Crippen LogP contribution >= 0.6 is 0 Å². The van der Waals surface area contributed by atoms with Gasteiger partial charge in [-0.2, -0.15) is 0 Å². The summed E-state index contributed by atoms with van der Waals surface area (Å²) in [4.78, 5) is 29.5. The van der Waals surface area contributed by atoms with Crippen LogP contribution in [0.4, 0.5) is 22.7 Å². The first-order valence-electron chi connectivity index (χ1n) is 13.8. The van der Waals surface area contributed by atoms with Gasteiger partial charge in [-0.05, 0) is 98.9 Å². The van der Waals surface area contributed by atoms with Crippen LogP contribution in [0.2, 0.25) is 0 Å². The van der Waals surface area contributed by atoms with E-state index in [2.05, 4.69) is 58.5 Å². The molecule has 0 aliphatic carbocycles. The lowest BCUT2D eigenvalue weighted by atomic mass is 9.99. The average Bonchev–Trinajstić information content (AvgIpc) is 2.89. The number of amides is 2. The minimum Gasteiger partial charge on any atom is -0.372 e. The number of carbonyl (C=O) groups is 2. The Morgan fingerprint density at radius 3 is 1.31 bits per heavy atom. The smallest absolute Gasteiger partial charge is 0.224 e. The van der Waals surface area contributed by atoms with E-state index >= 15 is 0 Å². The van der Waals surface area contributed by atoms with E-state index in [1.807, 2.05) is 24.3 Å². The zero-order valence-corrected chi connectivity index (χ0v) is 22.0. The van der Waals surface area contributed by atoms with Crippen LogP contribution in [-0.2, 0) is 9.59 Å². The maximum Gasteiger partial charge on any atom is 0.224 e. The predicted octanol–water partition coefficient (Wildman–Crippen LogP) is 6.30. The van der Waals surface area contributed by atoms with Gasteiger partial charge >= 0.3 is 0 Å². The molecule has 2 aliphatic heterocycles. The molecule has 0 unspecified atom stereocenters. The second-order valence-corrected chi connectivity index (χ2v) is 10.7. The minimum atomic E-state index is -0.00218. The van der Waals surface area contributed by atoms with Gasteiger partial charge in [0.25, 0.3) is 0 Å². The molecule has 0 radical (unpaired) electrons. The number of carbonyl (C=O) groups excluding carboxylic acids is 2. The number of hydrogen-bond donors (Lipinski definition) is 2. The summed E-state index contributed by atoms with van der Waals surface area (Å²) < 4.78 is 0. The molecule has 6 nitrogen and oxygen atoms in total. The van der Waals surface area contributed by atoms with Gasteiger partial charge in [-0.1, -0.05) is 13.8 Å². The van der Waals surface area contributed by atoms with Crippen LogP contribution in [0.1, 0.15) is 65.2 Å². The second-order valence-electron chi connectivity index (χ2n) is 10.7. The van der Waals surface area contributed by atoms with Crippen molar-refractivity contribution in [1.82, 2.24) is 0 Å². The van der Waals surface area contributed by atoms with Crippen LogP contribution in [0.3, 0.4) is 0 Å². The van der Waals surface area contributed by atoms with Gasteiger partial charge < -0.3 is 20.4 Å². The summed E-state index contributed by atoms with van der Waals surface area (Å²) in [5, 5.41) is 5.96. The summed E-state index contributed by atoms with van der Waals surface area (Å²) in [6.45, 7) is 9.04. The van der Waals surface area contributed by atoms with E-state index in [0.717, 1.165) is 49.4 Å². The average molecular weight is 491 g/mol. The molecule has 6 heteroatoms. The number of nitrogens with one attached hydrogen (secondary N) is 2. The van der Waals surface area contributed by atoms with Gasteiger partial charge in [0.1, 0.15) is 0 Å². The van der Waals surface area contributed by atoms with E-state index in [0.29, 0.717) is 25.7 Å². The molecule has 2 aliphatic rings. The Morgan fingerprint density at radius 1 is 0.639 bits per heavy atom. The molecule has 2 N–H and O–H groups in total. The molecule has 2 aromatic rings. The third kappa shape index (κ3) is 7.74. The maximum atomic E-state index is 12.3. The largest absolute Gasteiger partial charge is 0.372 e. The quantitative estimate of drug-likeness (QED) is 0.405. The van der Waals surface area contributed by atoms with Gasteiger partial charge in [0.05, 0.1) is 0 Å². The van der Waals surface area contributed by atoms with Gasteiger partial charge in [-0.25, -0.2) is 0 Å². The number of hydrogen-bond acceptors (Lipinski definition) is 4. The zero-order chi connectivity index (χ0) is 25.3. The highest BCUT2D eigenvalue weighted by atomic mass is 16.2. The van der Waals surface area contributed by atoms with Crippen molar-refractivity contribution < 1.29 is 9.59 Å². The van der Waals surface area contributed by atoms with Crippen LogP contribution in [0.25, 0.3) is 0 Å². The van der Waals surface area contributed by atoms with E-state index in [9.17, 15) is 9.59 Å². The molecule has 2 aromatic carbocycles. The summed E-state index contributed by atoms with van der Waals surface area (Å²) >= 11 is 0. The first-order valence-corrected chi connectivity index (χ1v) is 13.8. The molecule has 4 rings (SSSR count). The van der Waals surface area contributed by atoms with Crippen molar-refractivity contribution in [2.75, 3.05) is 46.6 Å².